The molecular formula is C22H19N3O2S. The molecule has 0 aliphatic carbocycles. The van der Waals surface area contributed by atoms with E-state index in [1.165, 1.54) is 11.8 Å². The van der Waals surface area contributed by atoms with E-state index in [-0.39, 0.29) is 17.1 Å². The molecule has 2 aromatic carbocycles. The van der Waals surface area contributed by atoms with E-state index in [0.29, 0.717) is 21.8 Å². The van der Waals surface area contributed by atoms with Crippen LogP contribution >= 0.6 is 11.8 Å². The normalized spacial score (nSPS) is 11.1. The maximum atomic E-state index is 13.2. The van der Waals surface area contributed by atoms with E-state index in [4.69, 9.17) is 0 Å². The third-order valence-corrected chi connectivity index (χ3v) is 5.54. The number of Topliss-reactive ketones (excluding diaryl/α,β-unsaturated/α-hetero) is 1. The zero-order valence-electron chi connectivity index (χ0n) is 15.6. The lowest BCUT2D eigenvalue weighted by molar-refractivity contribution is 0.101. The number of para-hydroxylation sites is 1. The van der Waals surface area contributed by atoms with Gasteiger partial charge in [0.15, 0.2) is 10.9 Å². The molecule has 0 fully saturated rings. The topological polar surface area (TPSA) is 56.9 Å². The molecule has 0 bridgehead atoms. The number of aryl methyl sites for hydroxylation is 2. The second kappa shape index (κ2) is 7.48. The molecule has 6 heteroatoms. The van der Waals surface area contributed by atoms with Crippen molar-refractivity contribution < 1.29 is 4.79 Å². The van der Waals surface area contributed by atoms with Crippen molar-refractivity contribution in [1.29, 1.82) is 0 Å². The molecule has 0 spiro atoms. The Hall–Kier alpha value is -3.12. The highest BCUT2D eigenvalue weighted by Gasteiger charge is 2.16. The highest BCUT2D eigenvalue weighted by molar-refractivity contribution is 7.99. The van der Waals surface area contributed by atoms with Gasteiger partial charge < -0.3 is 4.57 Å². The first-order valence-corrected chi connectivity index (χ1v) is 9.89. The van der Waals surface area contributed by atoms with Crippen molar-refractivity contribution in [3.05, 3.63) is 88.5 Å². The van der Waals surface area contributed by atoms with Crippen molar-refractivity contribution in [2.45, 2.75) is 12.1 Å². The number of rotatable bonds is 5. The Morgan fingerprint density at radius 2 is 1.79 bits per heavy atom. The molecule has 0 aliphatic rings. The van der Waals surface area contributed by atoms with Gasteiger partial charge in [-0.1, -0.05) is 41.6 Å². The Morgan fingerprint density at radius 3 is 2.50 bits per heavy atom. The summed E-state index contributed by atoms with van der Waals surface area (Å²) in [6, 6.07) is 18.6. The number of benzene rings is 2. The molecule has 4 aromatic rings. The number of ketones is 1. The molecule has 0 unspecified atom stereocenters. The van der Waals surface area contributed by atoms with Crippen molar-refractivity contribution in [2.24, 2.45) is 7.05 Å². The summed E-state index contributed by atoms with van der Waals surface area (Å²) in [5, 5.41) is 1.07. The van der Waals surface area contributed by atoms with Crippen molar-refractivity contribution in [3.8, 4) is 5.69 Å². The summed E-state index contributed by atoms with van der Waals surface area (Å²) in [5.74, 6) is 0.199. The molecular weight excluding hydrogens is 370 g/mol. The highest BCUT2D eigenvalue weighted by Crippen LogP contribution is 2.22. The standard InChI is InChI=1S/C22H19N3O2S/c1-15-9-11-16(12-10-15)25-21(27)17-6-3-4-7-18(17)23-22(25)28-14-20(26)19-8-5-13-24(19)2/h3-13H,14H2,1-2H3. The lowest BCUT2D eigenvalue weighted by atomic mass is 10.2. The van der Waals surface area contributed by atoms with Gasteiger partial charge >= 0.3 is 0 Å². The zero-order chi connectivity index (χ0) is 19.7. The van der Waals surface area contributed by atoms with Gasteiger partial charge in [-0.25, -0.2) is 4.98 Å². The van der Waals surface area contributed by atoms with E-state index in [2.05, 4.69) is 4.98 Å². The van der Waals surface area contributed by atoms with Gasteiger partial charge in [0.2, 0.25) is 0 Å². The molecule has 0 aliphatic heterocycles. The van der Waals surface area contributed by atoms with E-state index in [1.54, 1.807) is 21.3 Å². The molecule has 140 valence electrons. The van der Waals surface area contributed by atoms with E-state index in [1.807, 2.05) is 68.7 Å². The summed E-state index contributed by atoms with van der Waals surface area (Å²) >= 11 is 1.28. The third kappa shape index (κ3) is 3.39. The van der Waals surface area contributed by atoms with Crippen LogP contribution in [-0.2, 0) is 7.05 Å². The maximum Gasteiger partial charge on any atom is 0.266 e. The Balaban J connectivity index is 1.78. The Bertz CT molecular complexity index is 1220. The number of nitrogens with zero attached hydrogens (tertiary/aromatic N) is 3. The van der Waals surface area contributed by atoms with Crippen LogP contribution in [0.1, 0.15) is 16.1 Å². The second-order valence-electron chi connectivity index (χ2n) is 6.60. The van der Waals surface area contributed by atoms with Crippen LogP contribution in [-0.4, -0.2) is 25.7 Å². The van der Waals surface area contributed by atoms with Crippen LogP contribution < -0.4 is 5.56 Å². The fraction of sp³-hybridized carbons (Fsp3) is 0.136. The van der Waals surface area contributed by atoms with Crippen LogP contribution in [0.5, 0.6) is 0 Å². The van der Waals surface area contributed by atoms with Gasteiger partial charge in [0.05, 0.1) is 28.0 Å². The van der Waals surface area contributed by atoms with Gasteiger partial charge in [-0.3, -0.25) is 14.2 Å². The Labute approximate surface area is 166 Å². The molecule has 5 nitrogen and oxygen atoms in total. The van der Waals surface area contributed by atoms with Crippen LogP contribution in [0.3, 0.4) is 0 Å². The van der Waals surface area contributed by atoms with Crippen LogP contribution in [0.25, 0.3) is 16.6 Å². The third-order valence-electron chi connectivity index (χ3n) is 4.60. The molecule has 0 amide bonds. The largest absolute Gasteiger partial charge is 0.348 e. The lowest BCUT2D eigenvalue weighted by Crippen LogP contribution is -2.22. The van der Waals surface area contributed by atoms with Gasteiger partial charge in [-0.2, -0.15) is 0 Å². The molecule has 4 rings (SSSR count). The van der Waals surface area contributed by atoms with Crippen LogP contribution in [0.2, 0.25) is 0 Å². The fourth-order valence-corrected chi connectivity index (χ4v) is 3.97. The molecule has 0 atom stereocenters. The highest BCUT2D eigenvalue weighted by atomic mass is 32.2. The van der Waals surface area contributed by atoms with Crippen molar-refractivity contribution in [2.75, 3.05) is 5.75 Å². The average Bonchev–Trinajstić information content (AvgIpc) is 3.13. The van der Waals surface area contributed by atoms with Gasteiger partial charge in [-0.15, -0.1) is 0 Å². The minimum atomic E-state index is -0.136. The summed E-state index contributed by atoms with van der Waals surface area (Å²) in [4.78, 5) is 30.4. The van der Waals surface area contributed by atoms with Crippen molar-refractivity contribution in [3.63, 3.8) is 0 Å². The summed E-state index contributed by atoms with van der Waals surface area (Å²) < 4.78 is 3.38. The van der Waals surface area contributed by atoms with Gasteiger partial charge in [0.25, 0.3) is 5.56 Å². The molecule has 2 aromatic heterocycles. The first-order valence-electron chi connectivity index (χ1n) is 8.91. The van der Waals surface area contributed by atoms with E-state index in [0.717, 1.165) is 11.3 Å². The van der Waals surface area contributed by atoms with E-state index in [9.17, 15) is 9.59 Å². The van der Waals surface area contributed by atoms with E-state index >= 15 is 0 Å². The molecule has 0 saturated heterocycles. The minimum Gasteiger partial charge on any atom is -0.348 e. The number of fused-ring (bicyclic) bond motifs is 1. The monoisotopic (exact) mass is 389 g/mol. The molecule has 2 heterocycles. The lowest BCUT2D eigenvalue weighted by Gasteiger charge is -2.13. The molecule has 0 radical (unpaired) electrons. The SMILES string of the molecule is Cc1ccc(-n2c(SCC(=O)c3cccn3C)nc3ccccc3c2=O)cc1. The zero-order valence-corrected chi connectivity index (χ0v) is 16.4. The summed E-state index contributed by atoms with van der Waals surface area (Å²) in [6.45, 7) is 2.00. The number of aromatic nitrogens is 3. The summed E-state index contributed by atoms with van der Waals surface area (Å²) in [7, 11) is 1.84. The predicted octanol–water partition coefficient (Wildman–Crippen LogP) is 4.01. The fourth-order valence-electron chi connectivity index (χ4n) is 3.09. The summed E-state index contributed by atoms with van der Waals surface area (Å²) in [5.41, 5.74) is 2.98. The number of hydrogen-bond donors (Lipinski definition) is 0. The minimum absolute atomic E-state index is 0.00429. The van der Waals surface area contributed by atoms with Crippen LogP contribution in [0, 0.1) is 6.92 Å². The van der Waals surface area contributed by atoms with Gasteiger partial charge in [0.1, 0.15) is 0 Å². The number of thioether (sulfide) groups is 1. The number of carbonyl (C=O) groups is 1. The summed E-state index contributed by atoms with van der Waals surface area (Å²) in [6.07, 6.45) is 1.84. The Kier molecular flexibility index (Phi) is 4.88. The van der Waals surface area contributed by atoms with Gasteiger partial charge in [0, 0.05) is 13.2 Å². The average molecular weight is 389 g/mol. The first kappa shape index (κ1) is 18.3. The van der Waals surface area contributed by atoms with Gasteiger partial charge in [-0.05, 0) is 43.3 Å². The van der Waals surface area contributed by atoms with Crippen molar-refractivity contribution >= 4 is 28.4 Å². The number of carbonyl (C=O) groups excluding carboxylic acids is 1. The number of hydrogen-bond acceptors (Lipinski definition) is 4. The van der Waals surface area contributed by atoms with E-state index < -0.39 is 0 Å². The van der Waals surface area contributed by atoms with Crippen LogP contribution in [0.4, 0.5) is 0 Å². The molecule has 0 saturated carbocycles. The first-order chi connectivity index (χ1) is 13.5. The molecule has 0 N–H and O–H groups in total. The van der Waals surface area contributed by atoms with Crippen molar-refractivity contribution in [1.82, 2.24) is 14.1 Å². The van der Waals surface area contributed by atoms with Crippen LogP contribution in [0.15, 0.2) is 76.8 Å². The maximum absolute atomic E-state index is 13.2. The Morgan fingerprint density at radius 1 is 1.04 bits per heavy atom. The quantitative estimate of drug-likeness (QED) is 0.294. The predicted molar refractivity (Wildman–Crippen MR) is 113 cm³/mol. The smallest absolute Gasteiger partial charge is 0.266 e. The second-order valence-corrected chi connectivity index (χ2v) is 7.55. The molecule has 28 heavy (non-hydrogen) atoms.